The van der Waals surface area contributed by atoms with Crippen molar-refractivity contribution in [1.82, 2.24) is 0 Å². The van der Waals surface area contributed by atoms with Crippen molar-refractivity contribution in [3.8, 4) is 0 Å². The highest BCUT2D eigenvalue weighted by Gasteiger charge is 2.19. The van der Waals surface area contributed by atoms with Crippen LogP contribution < -0.4 is 0 Å². The molecule has 1 heteroatoms. The van der Waals surface area contributed by atoms with Gasteiger partial charge in [0.1, 0.15) is 0 Å². The van der Waals surface area contributed by atoms with Gasteiger partial charge in [0.2, 0.25) is 0 Å². The molecular formula is C19H23Cl. The van der Waals surface area contributed by atoms with Gasteiger partial charge in [-0.25, -0.2) is 0 Å². The van der Waals surface area contributed by atoms with E-state index in [1.807, 2.05) is 0 Å². The minimum absolute atomic E-state index is 0.0896. The van der Waals surface area contributed by atoms with Crippen molar-refractivity contribution in [2.24, 2.45) is 0 Å². The van der Waals surface area contributed by atoms with Crippen LogP contribution in [0, 0.1) is 0 Å². The zero-order valence-corrected chi connectivity index (χ0v) is 13.6. The summed E-state index contributed by atoms with van der Waals surface area (Å²) in [5, 5.41) is 0.889. The van der Waals surface area contributed by atoms with Crippen LogP contribution >= 0.6 is 11.6 Å². The molecule has 0 aromatic heterocycles. The van der Waals surface area contributed by atoms with Crippen molar-refractivity contribution in [1.29, 1.82) is 0 Å². The maximum absolute atomic E-state index is 6.51. The molecule has 0 amide bonds. The summed E-state index contributed by atoms with van der Waals surface area (Å²) < 4.78 is 0. The van der Waals surface area contributed by atoms with E-state index in [1.54, 1.807) is 0 Å². The van der Waals surface area contributed by atoms with Crippen LogP contribution in [0.3, 0.4) is 0 Å². The van der Waals surface area contributed by atoms with Gasteiger partial charge in [-0.2, -0.15) is 0 Å². The lowest BCUT2D eigenvalue weighted by Gasteiger charge is -2.23. The Balaban J connectivity index is 2.42. The van der Waals surface area contributed by atoms with Gasteiger partial charge in [-0.15, -0.1) is 0 Å². The molecule has 20 heavy (non-hydrogen) atoms. The monoisotopic (exact) mass is 286 g/mol. The van der Waals surface area contributed by atoms with Gasteiger partial charge >= 0.3 is 0 Å². The molecule has 0 aliphatic rings. The van der Waals surface area contributed by atoms with Gasteiger partial charge in [-0.1, -0.05) is 75.7 Å². The summed E-state index contributed by atoms with van der Waals surface area (Å²) in [6.45, 7) is 8.85. The molecule has 2 aromatic carbocycles. The molecule has 0 bridgehead atoms. The molecular weight excluding hydrogens is 264 g/mol. The molecule has 106 valence electrons. The van der Waals surface area contributed by atoms with Gasteiger partial charge in [-0.05, 0) is 46.6 Å². The van der Waals surface area contributed by atoms with E-state index in [9.17, 15) is 0 Å². The Morgan fingerprint density at radius 2 is 1.60 bits per heavy atom. The highest BCUT2D eigenvalue weighted by molar-refractivity contribution is 6.31. The number of benzene rings is 2. The summed E-state index contributed by atoms with van der Waals surface area (Å²) in [5.41, 5.74) is 5.42. The second-order valence-corrected chi connectivity index (χ2v) is 6.77. The maximum Gasteiger partial charge on any atom is 0.0446 e. The number of rotatable bonds is 3. The molecule has 0 saturated heterocycles. The largest absolute Gasteiger partial charge is 0.0840 e. The third-order valence-electron chi connectivity index (χ3n) is 3.72. The molecule has 0 spiro atoms. The maximum atomic E-state index is 6.51. The van der Waals surface area contributed by atoms with E-state index in [-0.39, 0.29) is 5.41 Å². The first-order valence-electron chi connectivity index (χ1n) is 7.27. The van der Waals surface area contributed by atoms with E-state index >= 15 is 0 Å². The van der Waals surface area contributed by atoms with Crippen LogP contribution in [0.2, 0.25) is 5.02 Å². The fourth-order valence-corrected chi connectivity index (χ4v) is 3.01. The zero-order valence-electron chi connectivity index (χ0n) is 12.8. The molecule has 2 aromatic rings. The van der Waals surface area contributed by atoms with Crippen molar-refractivity contribution >= 4 is 11.6 Å². The van der Waals surface area contributed by atoms with Gasteiger partial charge in [0, 0.05) is 5.02 Å². The quantitative estimate of drug-likeness (QED) is 0.670. The second kappa shape index (κ2) is 6.01. The van der Waals surface area contributed by atoms with Crippen LogP contribution in [0.1, 0.15) is 49.9 Å². The number of aryl methyl sites for hydroxylation is 1. The van der Waals surface area contributed by atoms with E-state index in [1.165, 1.54) is 22.3 Å². The first-order chi connectivity index (χ1) is 9.41. The predicted octanol–water partition coefficient (Wildman–Crippen LogP) is 5.79. The molecule has 0 saturated carbocycles. The first-order valence-corrected chi connectivity index (χ1v) is 7.65. The molecule has 0 atom stereocenters. The molecule has 0 unspecified atom stereocenters. The number of hydrogen-bond acceptors (Lipinski definition) is 0. The summed E-state index contributed by atoms with van der Waals surface area (Å²) >= 11 is 6.51. The number of halogens is 1. The van der Waals surface area contributed by atoms with Crippen molar-refractivity contribution < 1.29 is 0 Å². The molecule has 0 aliphatic carbocycles. The predicted molar refractivity (Wildman–Crippen MR) is 88.8 cm³/mol. The summed E-state index contributed by atoms with van der Waals surface area (Å²) in [6, 6.07) is 15.0. The van der Waals surface area contributed by atoms with Crippen LogP contribution in [0.25, 0.3) is 0 Å². The summed E-state index contributed by atoms with van der Waals surface area (Å²) in [4.78, 5) is 0. The van der Waals surface area contributed by atoms with Crippen molar-refractivity contribution in [2.45, 2.75) is 46.0 Å². The average molecular weight is 287 g/mol. The third-order valence-corrected chi connectivity index (χ3v) is 4.03. The van der Waals surface area contributed by atoms with Crippen molar-refractivity contribution in [2.75, 3.05) is 0 Å². The smallest absolute Gasteiger partial charge is 0.0446 e. The summed E-state index contributed by atoms with van der Waals surface area (Å²) in [7, 11) is 0. The molecule has 0 fully saturated rings. The molecule has 0 aliphatic heterocycles. The number of hydrogen-bond donors (Lipinski definition) is 0. The zero-order chi connectivity index (χ0) is 14.8. The Labute approximate surface area is 127 Å². The SMILES string of the molecule is CCc1cc(C(C)(C)C)c(Cl)cc1Cc1ccccc1. The fraction of sp³-hybridized carbons (Fsp3) is 0.368. The Morgan fingerprint density at radius 3 is 2.15 bits per heavy atom. The molecule has 2 rings (SSSR count). The van der Waals surface area contributed by atoms with E-state index in [0.29, 0.717) is 0 Å². The Kier molecular flexibility index (Phi) is 4.55. The van der Waals surface area contributed by atoms with E-state index in [2.05, 4.69) is 70.2 Å². The molecule has 0 radical (unpaired) electrons. The van der Waals surface area contributed by atoms with Crippen LogP contribution in [0.4, 0.5) is 0 Å². The summed E-state index contributed by atoms with van der Waals surface area (Å²) in [6.07, 6.45) is 2.00. The lowest BCUT2D eigenvalue weighted by molar-refractivity contribution is 0.589. The van der Waals surface area contributed by atoms with E-state index < -0.39 is 0 Å². The van der Waals surface area contributed by atoms with Gasteiger partial charge in [-0.3, -0.25) is 0 Å². The highest BCUT2D eigenvalue weighted by Crippen LogP contribution is 2.32. The normalized spacial score (nSPS) is 11.7. The molecule has 0 N–H and O–H groups in total. The Hall–Kier alpha value is -1.27. The Morgan fingerprint density at radius 1 is 0.950 bits per heavy atom. The fourth-order valence-electron chi connectivity index (χ4n) is 2.54. The summed E-state index contributed by atoms with van der Waals surface area (Å²) in [5.74, 6) is 0. The van der Waals surface area contributed by atoms with Gasteiger partial charge in [0.25, 0.3) is 0 Å². The average Bonchev–Trinajstić information content (AvgIpc) is 2.38. The van der Waals surface area contributed by atoms with Gasteiger partial charge in [0.05, 0.1) is 0 Å². The third kappa shape index (κ3) is 3.43. The lowest BCUT2D eigenvalue weighted by Crippen LogP contribution is -2.13. The van der Waals surface area contributed by atoms with Crippen LogP contribution in [-0.2, 0) is 18.3 Å². The second-order valence-electron chi connectivity index (χ2n) is 6.37. The standard InChI is InChI=1S/C19H23Cl/c1-5-15-12-17(19(2,3)4)18(20)13-16(15)11-14-9-7-6-8-10-14/h6-10,12-13H,5,11H2,1-4H3. The topological polar surface area (TPSA) is 0 Å². The van der Waals surface area contributed by atoms with E-state index in [4.69, 9.17) is 11.6 Å². The van der Waals surface area contributed by atoms with Crippen LogP contribution in [-0.4, -0.2) is 0 Å². The Bertz CT molecular complexity index is 577. The van der Waals surface area contributed by atoms with Gasteiger partial charge in [0.15, 0.2) is 0 Å². The first kappa shape index (κ1) is 15.1. The van der Waals surface area contributed by atoms with Crippen LogP contribution in [0.15, 0.2) is 42.5 Å². The lowest BCUT2D eigenvalue weighted by atomic mass is 9.84. The van der Waals surface area contributed by atoms with Crippen molar-refractivity contribution in [3.05, 3.63) is 69.7 Å². The minimum atomic E-state index is 0.0896. The minimum Gasteiger partial charge on any atom is -0.0840 e. The molecule has 0 heterocycles. The van der Waals surface area contributed by atoms with Crippen LogP contribution in [0.5, 0.6) is 0 Å². The van der Waals surface area contributed by atoms with Crippen molar-refractivity contribution in [3.63, 3.8) is 0 Å². The molecule has 0 nitrogen and oxygen atoms in total. The van der Waals surface area contributed by atoms with Gasteiger partial charge < -0.3 is 0 Å². The van der Waals surface area contributed by atoms with E-state index in [0.717, 1.165) is 17.9 Å². The highest BCUT2D eigenvalue weighted by atomic mass is 35.5.